The van der Waals surface area contributed by atoms with Gasteiger partial charge in [0.2, 0.25) is 0 Å². The third-order valence-corrected chi connectivity index (χ3v) is 6.38. The van der Waals surface area contributed by atoms with Crippen LogP contribution in [0.4, 0.5) is 5.82 Å². The standard InChI is InChI=1S/C29H31N5O2/c1-4-21(3)10-9-13-22(5-2)26-20-25-27(36-26)28(33-16-18-35-19-17-33)31-29(30-25)34-15-14-24(32-34)23-11-7-6-8-12-23/h5-15,20-21H,2,4,16-19H2,1,3H3/b10-9-,22-13+. The van der Waals surface area contributed by atoms with Gasteiger partial charge in [-0.1, -0.05) is 81.5 Å². The number of allylic oxidation sites excluding steroid dienone is 5. The summed E-state index contributed by atoms with van der Waals surface area (Å²) in [5, 5.41) is 4.75. The molecule has 0 bridgehead atoms. The zero-order chi connectivity index (χ0) is 24.9. The van der Waals surface area contributed by atoms with Gasteiger partial charge in [-0.2, -0.15) is 10.1 Å². The second kappa shape index (κ2) is 10.7. The Balaban J connectivity index is 1.57. The van der Waals surface area contributed by atoms with Crippen molar-refractivity contribution >= 4 is 22.5 Å². The second-order valence-electron chi connectivity index (χ2n) is 8.88. The van der Waals surface area contributed by atoms with Crippen molar-refractivity contribution in [3.63, 3.8) is 0 Å². The van der Waals surface area contributed by atoms with Crippen LogP contribution < -0.4 is 4.90 Å². The van der Waals surface area contributed by atoms with Crippen molar-refractivity contribution in [1.82, 2.24) is 19.7 Å². The van der Waals surface area contributed by atoms with E-state index in [1.54, 1.807) is 10.8 Å². The molecule has 7 heteroatoms. The minimum absolute atomic E-state index is 0.499. The van der Waals surface area contributed by atoms with Crippen LogP contribution in [0.15, 0.2) is 84.0 Å². The molecule has 0 amide bonds. The lowest BCUT2D eigenvalue weighted by molar-refractivity contribution is 0.122. The number of hydrogen-bond donors (Lipinski definition) is 0. The van der Waals surface area contributed by atoms with Gasteiger partial charge in [0, 0.05) is 36.5 Å². The van der Waals surface area contributed by atoms with Crippen LogP contribution in [0.5, 0.6) is 0 Å². The molecule has 1 saturated heterocycles. The quantitative estimate of drug-likeness (QED) is 0.284. The fourth-order valence-corrected chi connectivity index (χ4v) is 4.07. The van der Waals surface area contributed by atoms with E-state index in [0.717, 1.165) is 47.7 Å². The molecular formula is C29H31N5O2. The van der Waals surface area contributed by atoms with Crippen molar-refractivity contribution in [2.24, 2.45) is 5.92 Å². The van der Waals surface area contributed by atoms with Crippen LogP contribution in [0.3, 0.4) is 0 Å². The van der Waals surface area contributed by atoms with Gasteiger partial charge in [0.15, 0.2) is 11.4 Å². The van der Waals surface area contributed by atoms with Crippen LogP contribution in [-0.4, -0.2) is 46.1 Å². The first-order chi connectivity index (χ1) is 17.7. The van der Waals surface area contributed by atoms with E-state index in [4.69, 9.17) is 24.2 Å². The van der Waals surface area contributed by atoms with Crippen molar-refractivity contribution < 1.29 is 9.15 Å². The van der Waals surface area contributed by atoms with E-state index in [-0.39, 0.29) is 0 Å². The Morgan fingerprint density at radius 2 is 1.94 bits per heavy atom. The van der Waals surface area contributed by atoms with E-state index >= 15 is 0 Å². The summed E-state index contributed by atoms with van der Waals surface area (Å²) in [5.41, 5.74) is 4.19. The maximum Gasteiger partial charge on any atom is 0.253 e. The molecule has 1 aromatic carbocycles. The van der Waals surface area contributed by atoms with Crippen LogP contribution in [0.25, 0.3) is 33.9 Å². The number of fused-ring (bicyclic) bond motifs is 1. The van der Waals surface area contributed by atoms with E-state index < -0.39 is 0 Å². The molecule has 5 rings (SSSR count). The number of rotatable bonds is 8. The molecule has 1 aliphatic heterocycles. The molecule has 4 aromatic rings. The maximum atomic E-state index is 6.34. The SMILES string of the molecule is C=C/C(=C\C=C/C(C)CC)c1cc2nc(-n3ccc(-c4ccccc4)n3)nc(N3CCOCC3)c2o1. The van der Waals surface area contributed by atoms with Crippen LogP contribution in [0.2, 0.25) is 0 Å². The lowest BCUT2D eigenvalue weighted by Crippen LogP contribution is -2.37. The van der Waals surface area contributed by atoms with Crippen LogP contribution in [0.1, 0.15) is 26.0 Å². The molecule has 1 atom stereocenters. The van der Waals surface area contributed by atoms with Crippen molar-refractivity contribution in [2.45, 2.75) is 20.3 Å². The van der Waals surface area contributed by atoms with Gasteiger partial charge in [0.1, 0.15) is 11.3 Å². The Bertz CT molecular complexity index is 1390. The maximum absolute atomic E-state index is 6.34. The summed E-state index contributed by atoms with van der Waals surface area (Å²) >= 11 is 0. The number of benzene rings is 1. The third kappa shape index (κ3) is 5.02. The number of morpholine rings is 1. The average molecular weight is 482 g/mol. The molecule has 184 valence electrons. The summed E-state index contributed by atoms with van der Waals surface area (Å²) in [5.74, 6) is 2.47. The Hall–Kier alpha value is -3.97. The summed E-state index contributed by atoms with van der Waals surface area (Å²) in [6.07, 6.45) is 11.1. The Labute approximate surface area is 211 Å². The lowest BCUT2D eigenvalue weighted by atomic mass is 10.1. The smallest absolute Gasteiger partial charge is 0.253 e. The fourth-order valence-electron chi connectivity index (χ4n) is 4.07. The summed E-state index contributed by atoms with van der Waals surface area (Å²) < 4.78 is 13.6. The van der Waals surface area contributed by atoms with Crippen molar-refractivity contribution in [3.8, 4) is 17.2 Å². The summed E-state index contributed by atoms with van der Waals surface area (Å²) in [7, 11) is 0. The van der Waals surface area contributed by atoms with Crippen LogP contribution in [-0.2, 0) is 4.74 Å². The van der Waals surface area contributed by atoms with Gasteiger partial charge in [-0.25, -0.2) is 9.67 Å². The normalized spacial score (nSPS) is 15.6. The Morgan fingerprint density at radius 1 is 1.14 bits per heavy atom. The van der Waals surface area contributed by atoms with Gasteiger partial charge in [0.05, 0.1) is 18.9 Å². The number of ether oxygens (including phenoxy) is 1. The van der Waals surface area contributed by atoms with Gasteiger partial charge >= 0.3 is 0 Å². The van der Waals surface area contributed by atoms with Gasteiger partial charge in [-0.3, -0.25) is 0 Å². The van der Waals surface area contributed by atoms with Crippen LogP contribution in [0, 0.1) is 5.92 Å². The second-order valence-corrected chi connectivity index (χ2v) is 8.88. The Kier molecular flexibility index (Phi) is 7.09. The number of anilines is 1. The van der Waals surface area contributed by atoms with Gasteiger partial charge in [0.25, 0.3) is 5.95 Å². The van der Waals surface area contributed by atoms with Gasteiger partial charge in [-0.15, -0.1) is 0 Å². The first-order valence-corrected chi connectivity index (χ1v) is 12.4. The molecule has 4 heterocycles. The molecule has 0 aliphatic carbocycles. The van der Waals surface area contributed by atoms with E-state index in [2.05, 4.69) is 37.5 Å². The molecule has 0 spiro atoms. The zero-order valence-corrected chi connectivity index (χ0v) is 20.8. The van der Waals surface area contributed by atoms with E-state index in [9.17, 15) is 0 Å². The molecule has 1 aliphatic rings. The predicted molar refractivity (Wildman–Crippen MR) is 144 cm³/mol. The first-order valence-electron chi connectivity index (χ1n) is 12.4. The van der Waals surface area contributed by atoms with Gasteiger partial charge in [-0.05, 0) is 12.0 Å². The highest BCUT2D eigenvalue weighted by atomic mass is 16.5. The topological polar surface area (TPSA) is 69.2 Å². The fraction of sp³-hybridized carbons (Fsp3) is 0.276. The van der Waals surface area contributed by atoms with Crippen molar-refractivity contribution in [2.75, 3.05) is 31.2 Å². The zero-order valence-electron chi connectivity index (χ0n) is 20.8. The van der Waals surface area contributed by atoms with Gasteiger partial charge < -0.3 is 14.1 Å². The Morgan fingerprint density at radius 3 is 2.69 bits per heavy atom. The summed E-state index contributed by atoms with van der Waals surface area (Å²) in [6.45, 7) is 11.1. The largest absolute Gasteiger partial charge is 0.450 e. The van der Waals surface area contributed by atoms with E-state index in [1.165, 1.54) is 0 Å². The molecule has 7 nitrogen and oxygen atoms in total. The number of hydrogen-bond acceptors (Lipinski definition) is 6. The molecule has 0 saturated carbocycles. The minimum Gasteiger partial charge on any atom is -0.450 e. The minimum atomic E-state index is 0.499. The summed E-state index contributed by atoms with van der Waals surface area (Å²) in [6, 6.07) is 14.0. The highest BCUT2D eigenvalue weighted by molar-refractivity contribution is 5.89. The monoisotopic (exact) mass is 481 g/mol. The highest BCUT2D eigenvalue weighted by Crippen LogP contribution is 2.32. The van der Waals surface area contributed by atoms with E-state index in [0.29, 0.717) is 36.4 Å². The third-order valence-electron chi connectivity index (χ3n) is 6.38. The molecule has 3 aromatic heterocycles. The molecule has 0 radical (unpaired) electrons. The number of aromatic nitrogens is 4. The molecule has 0 N–H and O–H groups in total. The predicted octanol–water partition coefficient (Wildman–Crippen LogP) is 6.08. The highest BCUT2D eigenvalue weighted by Gasteiger charge is 2.22. The van der Waals surface area contributed by atoms with Crippen molar-refractivity contribution in [3.05, 3.63) is 85.3 Å². The molecule has 36 heavy (non-hydrogen) atoms. The van der Waals surface area contributed by atoms with Crippen molar-refractivity contribution in [1.29, 1.82) is 0 Å². The summed E-state index contributed by atoms with van der Waals surface area (Å²) in [4.78, 5) is 11.9. The lowest BCUT2D eigenvalue weighted by Gasteiger charge is -2.27. The van der Waals surface area contributed by atoms with E-state index in [1.807, 2.05) is 54.7 Å². The number of furan rings is 1. The first kappa shape index (κ1) is 23.8. The molecular weight excluding hydrogens is 450 g/mol. The molecule has 1 fully saturated rings. The van der Waals surface area contributed by atoms with Crippen LogP contribution >= 0.6 is 0 Å². The average Bonchev–Trinajstić information content (AvgIpc) is 3.59. The number of nitrogens with zero attached hydrogens (tertiary/aromatic N) is 5. The molecule has 1 unspecified atom stereocenters.